The Balaban J connectivity index is 1.83. The van der Waals surface area contributed by atoms with Crippen LogP contribution in [0, 0.1) is 6.92 Å². The van der Waals surface area contributed by atoms with Gasteiger partial charge in [-0.05, 0) is 36.8 Å². The normalized spacial score (nSPS) is 16.2. The largest absolute Gasteiger partial charge is 0.279 e. The molecule has 0 amide bonds. The summed E-state index contributed by atoms with van der Waals surface area (Å²) in [5, 5.41) is 0. The van der Waals surface area contributed by atoms with Crippen molar-refractivity contribution in [3.05, 3.63) is 46.8 Å². The van der Waals surface area contributed by atoms with E-state index in [4.69, 9.17) is 0 Å². The van der Waals surface area contributed by atoms with Crippen molar-refractivity contribution in [3.63, 3.8) is 0 Å². The molecule has 0 saturated carbocycles. The van der Waals surface area contributed by atoms with Crippen LogP contribution in [-0.2, 0) is 10.0 Å². The molecular formula is C14H15NO2S4. The lowest BCUT2D eigenvalue weighted by molar-refractivity contribution is 0.603. The van der Waals surface area contributed by atoms with Crippen molar-refractivity contribution in [1.82, 2.24) is 0 Å². The molecule has 2 heterocycles. The van der Waals surface area contributed by atoms with Crippen molar-refractivity contribution in [2.75, 3.05) is 16.2 Å². The third-order valence-corrected chi connectivity index (χ3v) is 8.99. The van der Waals surface area contributed by atoms with E-state index in [1.54, 1.807) is 12.1 Å². The summed E-state index contributed by atoms with van der Waals surface area (Å²) in [6.07, 6.45) is 0. The summed E-state index contributed by atoms with van der Waals surface area (Å²) in [6, 6.07) is 11.2. The zero-order valence-electron chi connectivity index (χ0n) is 11.4. The van der Waals surface area contributed by atoms with Crippen molar-refractivity contribution >= 4 is 50.6 Å². The Bertz CT molecular complexity index is 733. The van der Waals surface area contributed by atoms with E-state index in [1.165, 1.54) is 16.9 Å². The number of thioether (sulfide) groups is 2. The predicted molar refractivity (Wildman–Crippen MR) is 94.0 cm³/mol. The Kier molecular flexibility index (Phi) is 4.54. The van der Waals surface area contributed by atoms with Crippen LogP contribution in [0.5, 0.6) is 0 Å². The first-order chi connectivity index (χ1) is 10.0. The number of benzene rings is 1. The molecule has 0 bridgehead atoms. The third kappa shape index (κ3) is 3.59. The van der Waals surface area contributed by atoms with Crippen LogP contribution in [0.2, 0.25) is 0 Å². The van der Waals surface area contributed by atoms with Gasteiger partial charge >= 0.3 is 0 Å². The van der Waals surface area contributed by atoms with Gasteiger partial charge in [0, 0.05) is 22.1 Å². The van der Waals surface area contributed by atoms with Crippen LogP contribution in [0.15, 0.2) is 40.6 Å². The summed E-state index contributed by atoms with van der Waals surface area (Å²) in [5.41, 5.74) is 1.80. The van der Waals surface area contributed by atoms with Crippen molar-refractivity contribution in [3.8, 4) is 0 Å². The van der Waals surface area contributed by atoms with Gasteiger partial charge in [0.05, 0.1) is 4.58 Å². The standard InChI is InChI=1S/C14H15NO2S4/c1-10-5-6-13(20-10)21(16,17)15-12-4-2-3-11(9-12)14-18-7-8-19-14/h2-6,9,14-15H,7-8H2,1H3. The second kappa shape index (κ2) is 6.24. The maximum atomic E-state index is 12.3. The molecule has 0 atom stereocenters. The molecule has 1 aliphatic rings. The Morgan fingerprint density at radius 2 is 1.90 bits per heavy atom. The molecule has 1 fully saturated rings. The van der Waals surface area contributed by atoms with E-state index in [0.29, 0.717) is 14.5 Å². The number of hydrogen-bond donors (Lipinski definition) is 1. The van der Waals surface area contributed by atoms with Crippen LogP contribution in [0.1, 0.15) is 15.0 Å². The first kappa shape index (κ1) is 15.3. The Morgan fingerprint density at radius 1 is 1.14 bits per heavy atom. The minimum atomic E-state index is -3.48. The molecule has 2 aromatic rings. The van der Waals surface area contributed by atoms with Crippen molar-refractivity contribution in [1.29, 1.82) is 0 Å². The Hall–Kier alpha value is -0.630. The molecule has 1 saturated heterocycles. The van der Waals surface area contributed by atoms with E-state index >= 15 is 0 Å². The SMILES string of the molecule is Cc1ccc(S(=O)(=O)Nc2cccc(C3SCCS3)c2)s1. The van der Waals surface area contributed by atoms with Crippen LogP contribution < -0.4 is 4.72 Å². The fourth-order valence-corrected chi connectivity index (χ4v) is 7.23. The second-order valence-electron chi connectivity index (χ2n) is 4.67. The molecule has 0 spiro atoms. The van der Waals surface area contributed by atoms with E-state index in [0.717, 1.165) is 16.4 Å². The highest BCUT2D eigenvalue weighted by Gasteiger charge is 2.20. The van der Waals surface area contributed by atoms with E-state index in [9.17, 15) is 8.42 Å². The Morgan fingerprint density at radius 3 is 2.57 bits per heavy atom. The number of hydrogen-bond acceptors (Lipinski definition) is 5. The van der Waals surface area contributed by atoms with Gasteiger partial charge in [-0.3, -0.25) is 4.72 Å². The second-order valence-corrected chi connectivity index (χ2v) is 10.6. The van der Waals surface area contributed by atoms with Gasteiger partial charge in [0.1, 0.15) is 4.21 Å². The number of sulfonamides is 1. The summed E-state index contributed by atoms with van der Waals surface area (Å²) in [5.74, 6) is 2.31. The van der Waals surface area contributed by atoms with Crippen molar-refractivity contribution in [2.45, 2.75) is 15.7 Å². The lowest BCUT2D eigenvalue weighted by atomic mass is 10.2. The highest BCUT2D eigenvalue weighted by Crippen LogP contribution is 2.45. The molecule has 0 radical (unpaired) electrons. The topological polar surface area (TPSA) is 46.2 Å². The quantitative estimate of drug-likeness (QED) is 0.884. The van der Waals surface area contributed by atoms with E-state index in [2.05, 4.69) is 10.8 Å². The van der Waals surface area contributed by atoms with E-state index in [-0.39, 0.29) is 0 Å². The molecule has 0 unspecified atom stereocenters. The fourth-order valence-electron chi connectivity index (χ4n) is 2.06. The zero-order valence-corrected chi connectivity index (χ0v) is 14.7. The molecule has 0 aliphatic carbocycles. The average molecular weight is 358 g/mol. The lowest BCUT2D eigenvalue weighted by Gasteiger charge is -2.11. The summed E-state index contributed by atoms with van der Waals surface area (Å²) in [7, 11) is -3.48. The summed E-state index contributed by atoms with van der Waals surface area (Å²) < 4.78 is 28.1. The number of rotatable bonds is 4. The first-order valence-corrected chi connectivity index (χ1v) is 10.9. The molecule has 3 nitrogen and oxygen atoms in total. The predicted octanol–water partition coefficient (Wildman–Crippen LogP) is 4.34. The smallest absolute Gasteiger partial charge is 0.271 e. The number of thiophene rings is 1. The first-order valence-electron chi connectivity index (χ1n) is 6.47. The minimum absolute atomic E-state index is 0.356. The van der Waals surface area contributed by atoms with Crippen LogP contribution in [0.4, 0.5) is 5.69 Å². The fraction of sp³-hybridized carbons (Fsp3) is 0.286. The van der Waals surface area contributed by atoms with Gasteiger partial charge in [-0.2, -0.15) is 0 Å². The monoisotopic (exact) mass is 357 g/mol. The van der Waals surface area contributed by atoms with Gasteiger partial charge in [0.2, 0.25) is 0 Å². The minimum Gasteiger partial charge on any atom is -0.279 e. The van der Waals surface area contributed by atoms with E-state index in [1.807, 2.05) is 48.6 Å². The molecular weight excluding hydrogens is 342 g/mol. The molecule has 3 rings (SSSR count). The molecule has 21 heavy (non-hydrogen) atoms. The molecule has 1 aromatic heterocycles. The summed E-state index contributed by atoms with van der Waals surface area (Å²) in [4.78, 5) is 0.989. The zero-order chi connectivity index (χ0) is 14.9. The summed E-state index contributed by atoms with van der Waals surface area (Å²) in [6.45, 7) is 1.90. The lowest BCUT2D eigenvalue weighted by Crippen LogP contribution is -2.11. The molecule has 112 valence electrons. The van der Waals surface area contributed by atoms with Crippen molar-refractivity contribution in [2.24, 2.45) is 0 Å². The van der Waals surface area contributed by atoms with Crippen molar-refractivity contribution < 1.29 is 8.42 Å². The molecule has 1 N–H and O–H groups in total. The van der Waals surface area contributed by atoms with Gasteiger partial charge in [0.25, 0.3) is 10.0 Å². The van der Waals surface area contributed by atoms with Gasteiger partial charge in [-0.25, -0.2) is 8.42 Å². The van der Waals surface area contributed by atoms with E-state index < -0.39 is 10.0 Å². The maximum Gasteiger partial charge on any atom is 0.271 e. The summed E-state index contributed by atoms with van der Waals surface area (Å²) >= 11 is 5.10. The van der Waals surface area contributed by atoms with Gasteiger partial charge in [-0.1, -0.05) is 12.1 Å². The molecule has 7 heteroatoms. The van der Waals surface area contributed by atoms with Crippen LogP contribution >= 0.6 is 34.9 Å². The highest BCUT2D eigenvalue weighted by atomic mass is 32.2. The van der Waals surface area contributed by atoms with Crippen LogP contribution in [0.3, 0.4) is 0 Å². The highest BCUT2D eigenvalue weighted by molar-refractivity contribution is 8.19. The Labute approximate surface area is 137 Å². The van der Waals surface area contributed by atoms with Gasteiger partial charge in [-0.15, -0.1) is 34.9 Å². The third-order valence-electron chi connectivity index (χ3n) is 3.01. The number of aryl methyl sites for hydroxylation is 1. The molecule has 1 aromatic carbocycles. The molecule has 1 aliphatic heterocycles. The van der Waals surface area contributed by atoms with Gasteiger partial charge < -0.3 is 0 Å². The van der Waals surface area contributed by atoms with Crippen LogP contribution in [-0.4, -0.2) is 19.9 Å². The van der Waals surface area contributed by atoms with Crippen LogP contribution in [0.25, 0.3) is 0 Å². The number of anilines is 1. The average Bonchev–Trinajstić information content (AvgIpc) is 3.09. The van der Waals surface area contributed by atoms with Gasteiger partial charge in [0.15, 0.2) is 0 Å². The number of nitrogens with one attached hydrogen (secondary N) is 1. The maximum absolute atomic E-state index is 12.3.